The Hall–Kier alpha value is -3.27. The lowest BCUT2D eigenvalue weighted by Crippen LogP contribution is -2.31. The van der Waals surface area contributed by atoms with Crippen LogP contribution in [0.2, 0.25) is 0 Å². The van der Waals surface area contributed by atoms with Crippen LogP contribution in [0.5, 0.6) is 0 Å². The highest BCUT2D eigenvalue weighted by molar-refractivity contribution is 7.90. The number of rotatable bonds is 6. The molecule has 0 radical (unpaired) electrons. The van der Waals surface area contributed by atoms with Crippen LogP contribution in [0.3, 0.4) is 0 Å². The van der Waals surface area contributed by atoms with Crippen molar-refractivity contribution >= 4 is 27.8 Å². The Morgan fingerprint density at radius 2 is 1.81 bits per heavy atom. The van der Waals surface area contributed by atoms with Crippen molar-refractivity contribution in [1.29, 1.82) is 0 Å². The van der Waals surface area contributed by atoms with Crippen molar-refractivity contribution < 1.29 is 27.9 Å². The molecule has 136 valence electrons. The number of aromatic nitrogens is 1. The number of aromatic carboxylic acids is 1. The van der Waals surface area contributed by atoms with E-state index in [4.69, 9.17) is 5.11 Å². The summed E-state index contributed by atoms with van der Waals surface area (Å²) in [5.41, 5.74) is -0.271. The number of sulfonamides is 1. The van der Waals surface area contributed by atoms with Gasteiger partial charge in [0.2, 0.25) is 0 Å². The average Bonchev–Trinajstić information content (AvgIpc) is 2.61. The van der Waals surface area contributed by atoms with Gasteiger partial charge in [-0.1, -0.05) is 6.07 Å². The van der Waals surface area contributed by atoms with Crippen molar-refractivity contribution in [3.63, 3.8) is 0 Å². The number of pyridine rings is 1. The second kappa shape index (κ2) is 7.74. The summed E-state index contributed by atoms with van der Waals surface area (Å²) in [6.45, 7) is 2.11. The van der Waals surface area contributed by atoms with E-state index in [1.807, 2.05) is 4.72 Å². The Balaban J connectivity index is 2.22. The number of carboxylic acids is 1. The molecule has 0 aliphatic heterocycles. The fraction of sp³-hybridized carbons (Fsp3) is 0.125. The molecular weight excluding hydrogens is 362 g/mol. The lowest BCUT2D eigenvalue weighted by Gasteiger charge is -2.08. The van der Waals surface area contributed by atoms with Gasteiger partial charge in [0, 0.05) is 18.3 Å². The molecule has 0 spiro atoms. The highest BCUT2D eigenvalue weighted by atomic mass is 32.2. The molecule has 0 bridgehead atoms. The number of nitrogens with zero attached hydrogens (tertiary/aromatic N) is 1. The molecule has 0 aliphatic carbocycles. The van der Waals surface area contributed by atoms with E-state index in [2.05, 4.69) is 10.3 Å². The van der Waals surface area contributed by atoms with Crippen molar-refractivity contribution in [2.24, 2.45) is 0 Å². The van der Waals surface area contributed by atoms with Crippen LogP contribution in [0.15, 0.2) is 47.5 Å². The third kappa shape index (κ3) is 4.42. The van der Waals surface area contributed by atoms with Gasteiger partial charge >= 0.3 is 5.97 Å². The van der Waals surface area contributed by atoms with Crippen LogP contribution < -0.4 is 10.0 Å². The van der Waals surface area contributed by atoms with Gasteiger partial charge in [0.05, 0.1) is 10.5 Å². The van der Waals surface area contributed by atoms with Crippen molar-refractivity contribution in [3.8, 4) is 0 Å². The van der Waals surface area contributed by atoms with Gasteiger partial charge < -0.3 is 10.4 Å². The molecule has 1 aromatic carbocycles. The number of carboxylic acid groups (broad SMARTS) is 1. The Morgan fingerprint density at radius 3 is 2.38 bits per heavy atom. The summed E-state index contributed by atoms with van der Waals surface area (Å²) in [5, 5.41) is 11.3. The van der Waals surface area contributed by atoms with Crippen molar-refractivity contribution in [1.82, 2.24) is 15.0 Å². The first-order valence-corrected chi connectivity index (χ1v) is 8.87. The largest absolute Gasteiger partial charge is 0.477 e. The second-order valence-electron chi connectivity index (χ2n) is 5.06. The smallest absolute Gasteiger partial charge is 0.354 e. The van der Waals surface area contributed by atoms with Crippen LogP contribution in [0.1, 0.15) is 38.1 Å². The number of amides is 2. The topological polar surface area (TPSA) is 143 Å². The fourth-order valence-corrected chi connectivity index (χ4v) is 2.98. The maximum absolute atomic E-state index is 12.3. The van der Waals surface area contributed by atoms with Gasteiger partial charge in [0.1, 0.15) is 5.69 Å². The molecule has 10 heteroatoms. The molecule has 1 heterocycles. The molecule has 9 nitrogen and oxygen atoms in total. The van der Waals surface area contributed by atoms with Crippen molar-refractivity contribution in [2.75, 3.05) is 6.54 Å². The normalized spacial score (nSPS) is 10.8. The van der Waals surface area contributed by atoms with Gasteiger partial charge in [-0.25, -0.2) is 22.9 Å². The van der Waals surface area contributed by atoms with Gasteiger partial charge in [-0.05, 0) is 37.3 Å². The number of hydrogen-bond acceptors (Lipinski definition) is 6. The minimum Gasteiger partial charge on any atom is -0.477 e. The third-order valence-electron chi connectivity index (χ3n) is 3.22. The summed E-state index contributed by atoms with van der Waals surface area (Å²) >= 11 is 0. The Kier molecular flexibility index (Phi) is 5.68. The van der Waals surface area contributed by atoms with Crippen molar-refractivity contribution in [3.05, 3.63) is 59.4 Å². The van der Waals surface area contributed by atoms with Gasteiger partial charge in [0.15, 0.2) is 0 Å². The highest BCUT2D eigenvalue weighted by Crippen LogP contribution is 2.12. The lowest BCUT2D eigenvalue weighted by molar-refractivity contribution is 0.0689. The number of benzene rings is 1. The molecule has 0 saturated heterocycles. The van der Waals surface area contributed by atoms with E-state index in [9.17, 15) is 22.8 Å². The fourth-order valence-electron chi connectivity index (χ4n) is 1.96. The zero-order chi connectivity index (χ0) is 19.3. The monoisotopic (exact) mass is 377 g/mol. The van der Waals surface area contributed by atoms with Crippen molar-refractivity contribution in [2.45, 2.75) is 11.8 Å². The molecule has 2 rings (SSSR count). The maximum Gasteiger partial charge on any atom is 0.354 e. The van der Waals surface area contributed by atoms with E-state index in [1.165, 1.54) is 18.2 Å². The predicted octanol–water partition coefficient (Wildman–Crippen LogP) is 0.648. The minimum absolute atomic E-state index is 0.126. The molecule has 2 amide bonds. The van der Waals surface area contributed by atoms with E-state index in [1.54, 1.807) is 6.92 Å². The zero-order valence-electron chi connectivity index (χ0n) is 13.6. The van der Waals surface area contributed by atoms with Crippen LogP contribution in [0.4, 0.5) is 0 Å². The summed E-state index contributed by atoms with van der Waals surface area (Å²) in [7, 11) is -4.23. The summed E-state index contributed by atoms with van der Waals surface area (Å²) < 4.78 is 26.5. The van der Waals surface area contributed by atoms with E-state index in [0.29, 0.717) is 6.54 Å². The van der Waals surface area contributed by atoms with Crippen LogP contribution >= 0.6 is 0 Å². The standard InChI is InChI=1S/C16H15N3O6S/c1-2-17-14(20)10-4-3-5-12(8-10)26(24,25)19-15(21)11-6-7-13(16(22)23)18-9-11/h3-9H,2H2,1H3,(H,17,20)(H,19,21)(H,22,23). The zero-order valence-corrected chi connectivity index (χ0v) is 14.4. The van der Waals surface area contributed by atoms with Crippen LogP contribution in [0, 0.1) is 0 Å². The highest BCUT2D eigenvalue weighted by Gasteiger charge is 2.20. The molecule has 0 unspecified atom stereocenters. The number of carbonyl (C=O) groups is 3. The minimum atomic E-state index is -4.23. The molecule has 0 atom stereocenters. The number of hydrogen-bond donors (Lipinski definition) is 3. The first-order valence-electron chi connectivity index (χ1n) is 7.39. The molecule has 0 saturated carbocycles. The van der Waals surface area contributed by atoms with Gasteiger partial charge in [0.25, 0.3) is 21.8 Å². The predicted molar refractivity (Wildman–Crippen MR) is 90.3 cm³/mol. The Morgan fingerprint density at radius 1 is 1.08 bits per heavy atom. The number of carbonyl (C=O) groups excluding carboxylic acids is 2. The lowest BCUT2D eigenvalue weighted by atomic mass is 10.2. The Labute approximate surface area is 149 Å². The molecule has 3 N–H and O–H groups in total. The molecule has 1 aromatic heterocycles. The van der Waals surface area contributed by atoms with E-state index < -0.39 is 27.8 Å². The van der Waals surface area contributed by atoms with E-state index in [-0.39, 0.29) is 21.7 Å². The Bertz CT molecular complexity index is 954. The molecule has 0 fully saturated rings. The summed E-state index contributed by atoms with van der Waals surface area (Å²) in [5.74, 6) is -2.69. The van der Waals surface area contributed by atoms with Gasteiger partial charge in [-0.15, -0.1) is 0 Å². The van der Waals surface area contributed by atoms with Crippen LogP contribution in [0.25, 0.3) is 0 Å². The van der Waals surface area contributed by atoms with Gasteiger partial charge in [-0.3, -0.25) is 9.59 Å². The maximum atomic E-state index is 12.3. The first kappa shape index (κ1) is 19.1. The molecule has 26 heavy (non-hydrogen) atoms. The van der Waals surface area contributed by atoms with Crippen LogP contribution in [-0.4, -0.2) is 42.8 Å². The summed E-state index contributed by atoms with van der Waals surface area (Å²) in [6, 6.07) is 7.44. The SMILES string of the molecule is CCNC(=O)c1cccc(S(=O)(=O)NC(=O)c2ccc(C(=O)O)nc2)c1. The average molecular weight is 377 g/mol. The van der Waals surface area contributed by atoms with Crippen LogP contribution in [-0.2, 0) is 10.0 Å². The molecular formula is C16H15N3O6S. The molecule has 2 aromatic rings. The molecule has 0 aliphatic rings. The second-order valence-corrected chi connectivity index (χ2v) is 6.74. The summed E-state index contributed by atoms with van der Waals surface area (Å²) in [6.07, 6.45) is 0.958. The van der Waals surface area contributed by atoms with E-state index in [0.717, 1.165) is 24.4 Å². The summed E-state index contributed by atoms with van der Waals surface area (Å²) in [4.78, 5) is 37.9. The number of nitrogens with one attached hydrogen (secondary N) is 2. The quantitative estimate of drug-likeness (QED) is 0.670. The first-order chi connectivity index (χ1) is 12.2. The third-order valence-corrected chi connectivity index (χ3v) is 4.54. The van der Waals surface area contributed by atoms with E-state index >= 15 is 0 Å². The van der Waals surface area contributed by atoms with Gasteiger partial charge in [-0.2, -0.15) is 0 Å².